The third-order valence-electron chi connectivity index (χ3n) is 11.6. The Morgan fingerprint density at radius 1 is 0.864 bits per heavy atom. The number of likely N-dealkylation sites (tertiary alicyclic amines) is 2. The number of ether oxygens (including phenoxy) is 2. The number of imidazole rings is 1. The van der Waals surface area contributed by atoms with Crippen LogP contribution in [0.25, 0.3) is 21.8 Å². The number of aliphatic imine (C=N–C) groups is 1. The Hall–Kier alpha value is -6.62. The van der Waals surface area contributed by atoms with Gasteiger partial charge in [0.1, 0.15) is 23.7 Å². The van der Waals surface area contributed by atoms with Crippen LogP contribution in [0, 0.1) is 17.8 Å². The summed E-state index contributed by atoms with van der Waals surface area (Å²) >= 11 is 0. The summed E-state index contributed by atoms with van der Waals surface area (Å²) < 4.78 is 9.62. The van der Waals surface area contributed by atoms with Crippen LogP contribution in [-0.4, -0.2) is 101 Å². The van der Waals surface area contributed by atoms with Crippen molar-refractivity contribution in [2.24, 2.45) is 10.9 Å². The highest BCUT2D eigenvalue weighted by molar-refractivity contribution is 6.04. The number of benzene rings is 3. The minimum Gasteiger partial charge on any atom is -0.453 e. The first kappa shape index (κ1) is 39.2. The number of amidine groups is 1. The molecule has 4 aromatic rings. The number of hydrogen-bond acceptors (Lipinski definition) is 9. The van der Waals surface area contributed by atoms with Gasteiger partial charge < -0.3 is 40.2 Å². The number of nitrogens with one attached hydrogen (secondary N) is 4. The van der Waals surface area contributed by atoms with Crippen molar-refractivity contribution in [3.63, 3.8) is 0 Å². The molecule has 1 aliphatic carbocycles. The first-order chi connectivity index (χ1) is 28.6. The number of fused-ring (bicyclic) bond motifs is 4. The number of alkyl carbamates (subject to hydrolysis) is 2. The van der Waals surface area contributed by atoms with E-state index in [1.54, 1.807) is 0 Å². The average molecular weight is 797 g/mol. The van der Waals surface area contributed by atoms with Gasteiger partial charge in [0.2, 0.25) is 5.91 Å². The van der Waals surface area contributed by atoms with E-state index in [1.807, 2.05) is 90.4 Å². The van der Waals surface area contributed by atoms with Gasteiger partial charge in [-0.05, 0) is 72.9 Å². The van der Waals surface area contributed by atoms with Crippen LogP contribution in [0.1, 0.15) is 68.6 Å². The third kappa shape index (κ3) is 7.97. The molecule has 2 fully saturated rings. The van der Waals surface area contributed by atoms with Crippen LogP contribution in [0.3, 0.4) is 0 Å². The monoisotopic (exact) mass is 796 g/mol. The van der Waals surface area contributed by atoms with Crippen molar-refractivity contribution in [2.75, 3.05) is 27.3 Å². The molecular weight excluding hydrogens is 749 g/mol. The van der Waals surface area contributed by atoms with Crippen molar-refractivity contribution >= 4 is 51.6 Å². The fourth-order valence-electron chi connectivity index (χ4n) is 8.54. The molecule has 0 bridgehead atoms. The number of methoxy groups -OCH3 is 2. The highest BCUT2D eigenvalue weighted by Crippen LogP contribution is 2.35. The lowest BCUT2D eigenvalue weighted by Crippen LogP contribution is -2.51. The Morgan fingerprint density at radius 2 is 1.59 bits per heavy atom. The quantitative estimate of drug-likeness (QED) is 0.171. The summed E-state index contributed by atoms with van der Waals surface area (Å²) in [6.07, 6.45) is 8.02. The molecule has 3 aliphatic heterocycles. The van der Waals surface area contributed by atoms with Gasteiger partial charge in [-0.3, -0.25) is 14.6 Å². The maximum absolute atomic E-state index is 14.0. The Labute approximate surface area is 342 Å². The normalized spacial score (nSPS) is 21.8. The maximum Gasteiger partial charge on any atom is 0.407 e. The second-order valence-electron chi connectivity index (χ2n) is 15.6. The fourth-order valence-corrected chi connectivity index (χ4v) is 8.54. The standard InChI is InChI=1S/C45H48N8O6/c1-26(2)37(50-44(56)58-3)42(54)52-22-9-13-36(52)41-47-33-21-18-30-24-27(16-19-31(30)39(33)49-41)14-15-28-17-20-32-34(25-28)48-40(46-32)35-12-8-23-53(35)43(55)38(51-45(57)59-4)29-10-6-5-7-11-29/h5-7,10-11,16-21,24-26,32,34-38H,8-9,12-13,22-23H2,1-4H3,(H,46,48)(H,47,49)(H,50,56)(H,51,57)/t32?,34?,35?,36?,37-,38+/m0/s1. The molecule has 4 N–H and O–H groups in total. The SMILES string of the molecule is COC(=O)N[C@H](C(=O)N1CCCC1c1nc2c(ccc3cc(C#CC4=CC5NC(C6CCCN6C(=O)[C@H](NC(=O)OC)c6ccccc6)=NC5C=C4)ccc32)[nH]1)C(C)C. The number of carbonyl (C=O) groups is 4. The first-order valence-corrected chi connectivity index (χ1v) is 20.2. The lowest BCUT2D eigenvalue weighted by molar-refractivity contribution is -0.135. The average Bonchev–Trinajstić information content (AvgIpc) is 4.09. The van der Waals surface area contributed by atoms with E-state index in [2.05, 4.69) is 44.9 Å². The molecule has 0 saturated carbocycles. The number of H-pyrrole nitrogens is 1. The van der Waals surface area contributed by atoms with Crippen molar-refractivity contribution in [3.8, 4) is 11.8 Å². The lowest BCUT2D eigenvalue weighted by Gasteiger charge is -2.29. The van der Waals surface area contributed by atoms with Gasteiger partial charge in [0.05, 0.1) is 49.4 Å². The summed E-state index contributed by atoms with van der Waals surface area (Å²) in [5.74, 6) is 7.68. The second kappa shape index (κ2) is 16.7. The highest BCUT2D eigenvalue weighted by Gasteiger charge is 2.41. The summed E-state index contributed by atoms with van der Waals surface area (Å²) in [7, 11) is 2.57. The largest absolute Gasteiger partial charge is 0.453 e. The van der Waals surface area contributed by atoms with Gasteiger partial charge in [-0.2, -0.15) is 0 Å². The Morgan fingerprint density at radius 3 is 2.34 bits per heavy atom. The molecule has 4 amide bonds. The van der Waals surface area contributed by atoms with E-state index >= 15 is 0 Å². The van der Waals surface area contributed by atoms with Crippen LogP contribution < -0.4 is 16.0 Å². The molecule has 304 valence electrons. The minimum absolute atomic E-state index is 0.0971. The highest BCUT2D eigenvalue weighted by atomic mass is 16.5. The molecule has 14 nitrogen and oxygen atoms in total. The van der Waals surface area contributed by atoms with Gasteiger partial charge in [0, 0.05) is 29.6 Å². The summed E-state index contributed by atoms with van der Waals surface area (Å²) in [6.45, 7) is 4.95. The van der Waals surface area contributed by atoms with Gasteiger partial charge in [0.25, 0.3) is 5.91 Å². The van der Waals surface area contributed by atoms with Gasteiger partial charge in [-0.1, -0.05) is 74.2 Å². The molecule has 3 aromatic carbocycles. The van der Waals surface area contributed by atoms with Crippen molar-refractivity contribution in [2.45, 2.75) is 75.8 Å². The molecule has 4 heterocycles. The molecule has 0 radical (unpaired) electrons. The second-order valence-corrected chi connectivity index (χ2v) is 15.6. The summed E-state index contributed by atoms with van der Waals surface area (Å²) in [5, 5.41) is 11.0. The molecule has 1 aromatic heterocycles. The number of aromatic amines is 1. The Balaban J connectivity index is 0.953. The number of allylic oxidation sites excluding steroid dienone is 2. The van der Waals surface area contributed by atoms with Gasteiger partial charge in [-0.25, -0.2) is 14.6 Å². The summed E-state index contributed by atoms with van der Waals surface area (Å²) in [5.41, 5.74) is 4.12. The molecule has 4 aliphatic rings. The molecule has 6 atom stereocenters. The number of rotatable bonds is 8. The smallest absolute Gasteiger partial charge is 0.407 e. The minimum atomic E-state index is -0.880. The van der Waals surface area contributed by atoms with Crippen LogP contribution in [0.5, 0.6) is 0 Å². The number of hydrogen-bond donors (Lipinski definition) is 4. The van der Waals surface area contributed by atoms with E-state index < -0.39 is 24.3 Å². The maximum atomic E-state index is 14.0. The van der Waals surface area contributed by atoms with Crippen LogP contribution >= 0.6 is 0 Å². The van der Waals surface area contributed by atoms with Crippen LogP contribution in [0.2, 0.25) is 0 Å². The molecule has 59 heavy (non-hydrogen) atoms. The van der Waals surface area contributed by atoms with E-state index in [0.29, 0.717) is 18.7 Å². The van der Waals surface area contributed by atoms with E-state index in [4.69, 9.17) is 19.5 Å². The predicted molar refractivity (Wildman–Crippen MR) is 223 cm³/mol. The first-order valence-electron chi connectivity index (χ1n) is 20.2. The van der Waals surface area contributed by atoms with E-state index in [-0.39, 0.29) is 41.9 Å². The van der Waals surface area contributed by atoms with Gasteiger partial charge in [-0.15, -0.1) is 0 Å². The zero-order valence-electron chi connectivity index (χ0n) is 33.5. The zero-order valence-corrected chi connectivity index (χ0v) is 33.5. The van der Waals surface area contributed by atoms with Crippen molar-refractivity contribution in [3.05, 3.63) is 101 Å². The molecule has 0 spiro atoms. The molecule has 2 saturated heterocycles. The Kier molecular flexibility index (Phi) is 11.1. The number of carbonyl (C=O) groups excluding carboxylic acids is 4. The van der Waals surface area contributed by atoms with Crippen molar-refractivity contribution in [1.29, 1.82) is 0 Å². The van der Waals surface area contributed by atoms with Crippen LogP contribution in [0.15, 0.2) is 89.5 Å². The summed E-state index contributed by atoms with van der Waals surface area (Å²) in [4.78, 5) is 69.0. The van der Waals surface area contributed by atoms with Crippen LogP contribution in [-0.2, 0) is 19.1 Å². The third-order valence-corrected chi connectivity index (χ3v) is 11.6. The lowest BCUT2D eigenvalue weighted by atomic mass is 9.99. The Bertz CT molecular complexity index is 2450. The zero-order chi connectivity index (χ0) is 41.2. The summed E-state index contributed by atoms with van der Waals surface area (Å²) in [6, 6.07) is 17.1. The number of amides is 4. The van der Waals surface area contributed by atoms with E-state index in [1.165, 1.54) is 14.2 Å². The predicted octanol–water partition coefficient (Wildman–Crippen LogP) is 5.44. The topological polar surface area (TPSA) is 170 Å². The molecule has 4 unspecified atom stereocenters. The van der Waals surface area contributed by atoms with Gasteiger partial charge in [0.15, 0.2) is 0 Å². The van der Waals surface area contributed by atoms with Crippen molar-refractivity contribution in [1.82, 2.24) is 35.7 Å². The van der Waals surface area contributed by atoms with E-state index in [9.17, 15) is 19.2 Å². The van der Waals surface area contributed by atoms with E-state index in [0.717, 1.165) is 70.3 Å². The van der Waals surface area contributed by atoms with Crippen molar-refractivity contribution < 1.29 is 28.7 Å². The van der Waals surface area contributed by atoms with Crippen LogP contribution in [0.4, 0.5) is 9.59 Å². The molecule has 14 heteroatoms. The number of nitrogens with zero attached hydrogens (tertiary/aromatic N) is 4. The number of aromatic nitrogens is 2. The molecule has 8 rings (SSSR count). The molecular formula is C45H48N8O6. The fraction of sp³-hybridized carbons (Fsp3) is 0.378. The van der Waals surface area contributed by atoms with Gasteiger partial charge >= 0.3 is 12.2 Å².